The molecule has 0 saturated carbocycles. The number of aromatic nitrogens is 3. The van der Waals surface area contributed by atoms with E-state index in [4.69, 9.17) is 0 Å². The Balaban J connectivity index is 1.56. The zero-order valence-corrected chi connectivity index (χ0v) is 16.5. The largest absolute Gasteiger partial charge is 0.348 e. The lowest BCUT2D eigenvalue weighted by molar-refractivity contribution is -0.127. The number of amides is 1. The first-order chi connectivity index (χ1) is 13.0. The minimum absolute atomic E-state index is 0.341. The summed E-state index contributed by atoms with van der Waals surface area (Å²) in [6.07, 6.45) is 8.46. The molecule has 0 radical (unpaired) electrons. The van der Waals surface area contributed by atoms with Crippen LogP contribution >= 0.6 is 0 Å². The van der Waals surface area contributed by atoms with Gasteiger partial charge in [-0.15, -0.1) is 0 Å². The fourth-order valence-electron chi connectivity index (χ4n) is 3.72. The summed E-state index contributed by atoms with van der Waals surface area (Å²) in [7, 11) is 5.94. The normalized spacial score (nSPS) is 15.5. The summed E-state index contributed by atoms with van der Waals surface area (Å²) in [6.45, 7) is 3.21. The lowest BCUT2D eigenvalue weighted by Gasteiger charge is -2.31. The van der Waals surface area contributed by atoms with E-state index in [9.17, 15) is 9.59 Å². The molecule has 146 valence electrons. The first-order valence-electron chi connectivity index (χ1n) is 9.58. The van der Waals surface area contributed by atoms with Crippen molar-refractivity contribution in [2.75, 3.05) is 33.7 Å². The zero-order valence-electron chi connectivity index (χ0n) is 16.5. The Morgan fingerprint density at radius 1 is 1.22 bits per heavy atom. The van der Waals surface area contributed by atoms with Crippen molar-refractivity contribution in [3.05, 3.63) is 42.2 Å². The van der Waals surface area contributed by atoms with Gasteiger partial charge in [0.15, 0.2) is 0 Å². The van der Waals surface area contributed by atoms with E-state index in [1.807, 2.05) is 12.4 Å². The fraction of sp³-hybridized carbons (Fsp3) is 0.550. The van der Waals surface area contributed by atoms with Crippen LogP contribution in [0.5, 0.6) is 0 Å². The molecule has 2 aromatic heterocycles. The quantitative estimate of drug-likeness (QED) is 0.550. The molecule has 1 aliphatic rings. The van der Waals surface area contributed by atoms with Crippen LogP contribution < -0.4 is 0 Å². The fourth-order valence-corrected chi connectivity index (χ4v) is 3.72. The topological polar surface area (TPSA) is 63.4 Å². The second kappa shape index (κ2) is 8.52. The van der Waals surface area contributed by atoms with Crippen molar-refractivity contribution in [1.82, 2.24) is 23.9 Å². The van der Waals surface area contributed by atoms with Gasteiger partial charge in [-0.25, -0.2) is 4.98 Å². The summed E-state index contributed by atoms with van der Waals surface area (Å²) in [4.78, 5) is 33.4. The van der Waals surface area contributed by atoms with Crippen LogP contribution in [0.3, 0.4) is 0 Å². The van der Waals surface area contributed by atoms with Crippen molar-refractivity contribution >= 4 is 11.7 Å². The molecule has 27 heavy (non-hydrogen) atoms. The second-order valence-corrected chi connectivity index (χ2v) is 7.54. The molecule has 7 nitrogen and oxygen atoms in total. The van der Waals surface area contributed by atoms with Gasteiger partial charge in [-0.2, -0.15) is 0 Å². The maximum atomic E-state index is 12.6. The highest BCUT2D eigenvalue weighted by Crippen LogP contribution is 2.27. The molecule has 0 bridgehead atoms. The third kappa shape index (κ3) is 4.47. The van der Waals surface area contributed by atoms with E-state index in [2.05, 4.69) is 28.5 Å². The molecule has 0 N–H and O–H groups in total. The molecule has 1 fully saturated rings. The summed E-state index contributed by atoms with van der Waals surface area (Å²) in [6, 6.07) is 3.47. The van der Waals surface area contributed by atoms with Crippen LogP contribution in [0.2, 0.25) is 0 Å². The van der Waals surface area contributed by atoms with Gasteiger partial charge in [-0.1, -0.05) is 0 Å². The molecule has 2 aromatic rings. The number of carbonyl (C=O) groups is 2. The minimum atomic E-state index is -0.425. The number of aryl methyl sites for hydroxylation is 2. The molecule has 7 heteroatoms. The maximum absolute atomic E-state index is 12.6. The average molecular weight is 371 g/mol. The van der Waals surface area contributed by atoms with Crippen LogP contribution in [0.1, 0.15) is 41.5 Å². The number of ketones is 1. The van der Waals surface area contributed by atoms with Crippen molar-refractivity contribution in [2.24, 2.45) is 7.05 Å². The first kappa shape index (κ1) is 19.4. The van der Waals surface area contributed by atoms with E-state index in [1.54, 1.807) is 34.8 Å². The molecule has 3 heterocycles. The summed E-state index contributed by atoms with van der Waals surface area (Å²) in [5.74, 6) is 0.624. The highest BCUT2D eigenvalue weighted by molar-refractivity contribution is 6.42. The van der Waals surface area contributed by atoms with E-state index in [-0.39, 0.29) is 0 Å². The van der Waals surface area contributed by atoms with Crippen molar-refractivity contribution in [2.45, 2.75) is 31.7 Å². The highest BCUT2D eigenvalue weighted by Gasteiger charge is 2.30. The number of Topliss-reactive ketones (excluding diaryl/α,β-unsaturated/α-hetero) is 1. The van der Waals surface area contributed by atoms with Gasteiger partial charge in [0, 0.05) is 51.2 Å². The third-order valence-corrected chi connectivity index (χ3v) is 5.27. The van der Waals surface area contributed by atoms with Crippen LogP contribution in [0, 0.1) is 0 Å². The monoisotopic (exact) mass is 371 g/mol. The van der Waals surface area contributed by atoms with Crippen molar-refractivity contribution in [3.8, 4) is 0 Å². The Labute approximate surface area is 160 Å². The van der Waals surface area contributed by atoms with Gasteiger partial charge >= 0.3 is 0 Å². The number of imidazole rings is 1. The van der Waals surface area contributed by atoms with E-state index in [0.29, 0.717) is 24.7 Å². The molecule has 0 aromatic carbocycles. The van der Waals surface area contributed by atoms with Gasteiger partial charge in [-0.05, 0) is 52.0 Å². The lowest BCUT2D eigenvalue weighted by atomic mass is 9.95. The minimum Gasteiger partial charge on any atom is -0.348 e. The molecule has 0 aliphatic carbocycles. The molecule has 0 spiro atoms. The molecule has 0 atom stereocenters. The Morgan fingerprint density at radius 2 is 1.96 bits per heavy atom. The highest BCUT2D eigenvalue weighted by atomic mass is 16.2. The Morgan fingerprint density at radius 3 is 2.59 bits per heavy atom. The number of piperidine rings is 1. The van der Waals surface area contributed by atoms with Crippen molar-refractivity contribution in [3.63, 3.8) is 0 Å². The molecule has 1 amide bonds. The summed E-state index contributed by atoms with van der Waals surface area (Å²) < 4.78 is 3.93. The summed E-state index contributed by atoms with van der Waals surface area (Å²) in [5, 5.41) is 0. The van der Waals surface area contributed by atoms with Gasteiger partial charge in [0.1, 0.15) is 5.82 Å². The summed E-state index contributed by atoms with van der Waals surface area (Å²) in [5.41, 5.74) is 0.443. The lowest BCUT2D eigenvalue weighted by Crippen LogP contribution is -2.42. The predicted octanol–water partition coefficient (Wildman–Crippen LogP) is 1.76. The van der Waals surface area contributed by atoms with Gasteiger partial charge in [-0.3, -0.25) is 9.59 Å². The smallest absolute Gasteiger partial charge is 0.296 e. The number of hydrogen-bond donors (Lipinski definition) is 0. The van der Waals surface area contributed by atoms with Gasteiger partial charge < -0.3 is 18.9 Å². The van der Waals surface area contributed by atoms with Crippen molar-refractivity contribution in [1.29, 1.82) is 0 Å². The number of rotatable bonds is 7. The van der Waals surface area contributed by atoms with E-state index in [1.165, 1.54) is 0 Å². The number of hydrogen-bond acceptors (Lipinski definition) is 4. The number of carbonyl (C=O) groups excluding carboxylic acids is 2. The Bertz CT molecular complexity index is 784. The van der Waals surface area contributed by atoms with Gasteiger partial charge in [0.25, 0.3) is 11.7 Å². The second-order valence-electron chi connectivity index (χ2n) is 7.54. The summed E-state index contributed by atoms with van der Waals surface area (Å²) >= 11 is 0. The average Bonchev–Trinajstić information content (AvgIpc) is 3.29. The van der Waals surface area contributed by atoms with Crippen LogP contribution in [-0.4, -0.2) is 69.3 Å². The SMILES string of the molecule is CN(C)CCCn1ccnc1C1CCN(C(=O)C(=O)c2cccn2C)CC1. The molecule has 1 saturated heterocycles. The Kier molecular flexibility index (Phi) is 6.11. The van der Waals surface area contributed by atoms with Crippen LogP contribution in [0.4, 0.5) is 0 Å². The zero-order chi connectivity index (χ0) is 19.4. The standard InChI is InChI=1S/C20H29N5O2/c1-22(2)10-5-12-24-15-9-21-19(24)16-7-13-25(14-8-16)20(27)18(26)17-6-4-11-23(17)3/h4,6,9,11,15-16H,5,7-8,10,12-14H2,1-3H3. The van der Waals surface area contributed by atoms with Crippen LogP contribution in [0.15, 0.2) is 30.7 Å². The van der Waals surface area contributed by atoms with Crippen LogP contribution in [0.25, 0.3) is 0 Å². The van der Waals surface area contributed by atoms with E-state index in [0.717, 1.165) is 38.2 Å². The number of nitrogens with zero attached hydrogens (tertiary/aromatic N) is 5. The first-order valence-corrected chi connectivity index (χ1v) is 9.58. The van der Waals surface area contributed by atoms with Crippen LogP contribution in [-0.2, 0) is 18.4 Å². The molecule has 0 unspecified atom stereocenters. The van der Waals surface area contributed by atoms with E-state index < -0.39 is 11.7 Å². The molecular weight excluding hydrogens is 342 g/mol. The molecule has 1 aliphatic heterocycles. The molecule has 3 rings (SSSR count). The Hall–Kier alpha value is -2.41. The maximum Gasteiger partial charge on any atom is 0.296 e. The van der Waals surface area contributed by atoms with E-state index >= 15 is 0 Å². The third-order valence-electron chi connectivity index (χ3n) is 5.27. The van der Waals surface area contributed by atoms with Gasteiger partial charge in [0.2, 0.25) is 0 Å². The number of likely N-dealkylation sites (tertiary alicyclic amines) is 1. The van der Waals surface area contributed by atoms with Crippen molar-refractivity contribution < 1.29 is 9.59 Å². The molecular formula is C20H29N5O2. The van der Waals surface area contributed by atoms with Gasteiger partial charge in [0.05, 0.1) is 5.69 Å². The predicted molar refractivity (Wildman–Crippen MR) is 104 cm³/mol.